The maximum absolute atomic E-state index is 4.48. The van der Waals surface area contributed by atoms with Gasteiger partial charge in [-0.25, -0.2) is 0 Å². The lowest BCUT2D eigenvalue weighted by atomic mass is 10.4. The zero-order chi connectivity index (χ0) is 10.3. The third kappa shape index (κ3) is 2.74. The van der Waals surface area contributed by atoms with Crippen LogP contribution in [0.15, 0.2) is 10.2 Å². The van der Waals surface area contributed by atoms with Gasteiger partial charge in [-0.3, -0.25) is 0 Å². The average molecular weight is 214 g/mol. The molecule has 0 unspecified atom stereocenters. The standard InChI is InChI=1S/C9H22N2Si2/c1-12(2,3)8-7-9(11-10-8)13(4,5)6/h8-9H,7H2,1-6H3/t8-,9-/m1/s1. The maximum Gasteiger partial charge on any atom is 0.0756 e. The molecule has 0 amide bonds. The summed E-state index contributed by atoms with van der Waals surface area (Å²) >= 11 is 0. The van der Waals surface area contributed by atoms with Gasteiger partial charge in [0.1, 0.15) is 0 Å². The van der Waals surface area contributed by atoms with Crippen molar-refractivity contribution in [1.82, 2.24) is 0 Å². The van der Waals surface area contributed by atoms with Gasteiger partial charge < -0.3 is 0 Å². The molecule has 2 nitrogen and oxygen atoms in total. The monoisotopic (exact) mass is 214 g/mol. The molecular weight excluding hydrogens is 192 g/mol. The van der Waals surface area contributed by atoms with Crippen molar-refractivity contribution in [2.24, 2.45) is 10.2 Å². The van der Waals surface area contributed by atoms with E-state index in [-0.39, 0.29) is 0 Å². The van der Waals surface area contributed by atoms with Crippen molar-refractivity contribution in [2.75, 3.05) is 0 Å². The fourth-order valence-corrected chi connectivity index (χ4v) is 4.44. The van der Waals surface area contributed by atoms with Crippen LogP contribution in [0.2, 0.25) is 39.3 Å². The van der Waals surface area contributed by atoms with Crippen LogP contribution in [0.3, 0.4) is 0 Å². The molecule has 0 N–H and O–H groups in total. The van der Waals surface area contributed by atoms with Gasteiger partial charge in [-0.1, -0.05) is 39.3 Å². The second-order valence-electron chi connectivity index (χ2n) is 6.23. The van der Waals surface area contributed by atoms with Gasteiger partial charge >= 0.3 is 0 Å². The van der Waals surface area contributed by atoms with Crippen molar-refractivity contribution in [2.45, 2.75) is 57.0 Å². The average Bonchev–Trinajstić information content (AvgIpc) is 2.28. The van der Waals surface area contributed by atoms with Gasteiger partial charge in [0, 0.05) is 0 Å². The minimum absolute atomic E-state index is 0.587. The second-order valence-corrected chi connectivity index (χ2v) is 17.0. The molecular formula is C9H22N2Si2. The number of nitrogens with zero attached hydrogens (tertiary/aromatic N) is 2. The first kappa shape index (κ1) is 11.1. The Morgan fingerprint density at radius 3 is 1.23 bits per heavy atom. The highest BCUT2D eigenvalue weighted by Gasteiger charge is 2.38. The van der Waals surface area contributed by atoms with Crippen molar-refractivity contribution in [3.8, 4) is 0 Å². The van der Waals surface area contributed by atoms with Crippen molar-refractivity contribution in [3.63, 3.8) is 0 Å². The number of rotatable bonds is 2. The van der Waals surface area contributed by atoms with Crippen LogP contribution in [0.25, 0.3) is 0 Å². The molecule has 1 rings (SSSR count). The van der Waals surface area contributed by atoms with Crippen molar-refractivity contribution >= 4 is 16.1 Å². The van der Waals surface area contributed by atoms with E-state index in [1.807, 2.05) is 0 Å². The molecule has 1 heterocycles. The summed E-state index contributed by atoms with van der Waals surface area (Å²) in [6.45, 7) is 14.4. The molecule has 1 aliphatic rings. The number of hydrogen-bond donors (Lipinski definition) is 0. The molecule has 0 saturated carbocycles. The highest BCUT2D eigenvalue weighted by atomic mass is 28.3. The molecule has 1 aliphatic heterocycles. The minimum Gasteiger partial charge on any atom is -0.194 e. The van der Waals surface area contributed by atoms with Crippen LogP contribution < -0.4 is 0 Å². The van der Waals surface area contributed by atoms with Gasteiger partial charge in [0.15, 0.2) is 0 Å². The first-order valence-corrected chi connectivity index (χ1v) is 12.3. The lowest BCUT2D eigenvalue weighted by molar-refractivity contribution is 0.816. The van der Waals surface area contributed by atoms with Gasteiger partial charge in [0.2, 0.25) is 0 Å². The molecule has 0 aliphatic carbocycles. The van der Waals surface area contributed by atoms with Crippen LogP contribution in [0.1, 0.15) is 6.42 Å². The lowest BCUT2D eigenvalue weighted by Crippen LogP contribution is -2.41. The van der Waals surface area contributed by atoms with Gasteiger partial charge in [0.05, 0.1) is 27.5 Å². The Morgan fingerprint density at radius 2 is 1.08 bits per heavy atom. The largest absolute Gasteiger partial charge is 0.194 e. The predicted octanol–water partition coefficient (Wildman–Crippen LogP) is 3.33. The zero-order valence-corrected chi connectivity index (χ0v) is 11.8. The molecule has 0 spiro atoms. The van der Waals surface area contributed by atoms with E-state index in [4.69, 9.17) is 0 Å². The Hall–Kier alpha value is 0.0338. The predicted molar refractivity (Wildman–Crippen MR) is 63.7 cm³/mol. The molecule has 0 aromatic carbocycles. The molecule has 0 bridgehead atoms. The van der Waals surface area contributed by atoms with Gasteiger partial charge in [-0.05, 0) is 6.42 Å². The highest BCUT2D eigenvalue weighted by molar-refractivity contribution is 6.79. The van der Waals surface area contributed by atoms with Crippen LogP contribution in [0.5, 0.6) is 0 Å². The molecule has 0 fully saturated rings. The van der Waals surface area contributed by atoms with E-state index >= 15 is 0 Å². The van der Waals surface area contributed by atoms with E-state index in [2.05, 4.69) is 49.5 Å². The Balaban J connectivity index is 2.63. The third-order valence-corrected chi connectivity index (χ3v) is 7.49. The first-order chi connectivity index (χ1) is 5.71. The lowest BCUT2D eigenvalue weighted by Gasteiger charge is -2.25. The summed E-state index contributed by atoms with van der Waals surface area (Å²) in [7, 11) is -2.17. The van der Waals surface area contributed by atoms with Crippen molar-refractivity contribution < 1.29 is 0 Å². The second kappa shape index (κ2) is 3.31. The zero-order valence-electron chi connectivity index (χ0n) is 9.76. The van der Waals surface area contributed by atoms with Crippen LogP contribution in [-0.2, 0) is 0 Å². The Kier molecular flexibility index (Phi) is 2.83. The molecule has 0 saturated heterocycles. The Bertz CT molecular complexity index is 191. The highest BCUT2D eigenvalue weighted by Crippen LogP contribution is 2.29. The van der Waals surface area contributed by atoms with Crippen LogP contribution in [-0.4, -0.2) is 27.5 Å². The fraction of sp³-hybridized carbons (Fsp3) is 1.00. The van der Waals surface area contributed by atoms with E-state index in [1.165, 1.54) is 6.42 Å². The summed E-state index contributed by atoms with van der Waals surface area (Å²) < 4.78 is 0. The first-order valence-electron chi connectivity index (χ1n) is 5.11. The molecule has 13 heavy (non-hydrogen) atoms. The van der Waals surface area contributed by atoms with E-state index in [9.17, 15) is 0 Å². The molecule has 0 aromatic rings. The van der Waals surface area contributed by atoms with Gasteiger partial charge in [-0.2, -0.15) is 10.2 Å². The van der Waals surface area contributed by atoms with Crippen LogP contribution in [0, 0.1) is 0 Å². The van der Waals surface area contributed by atoms with Crippen LogP contribution >= 0.6 is 0 Å². The topological polar surface area (TPSA) is 24.7 Å². The Labute approximate surface area is 83.9 Å². The normalized spacial score (nSPS) is 29.7. The summed E-state index contributed by atoms with van der Waals surface area (Å²) in [5, 5.41) is 8.95. The van der Waals surface area contributed by atoms with Gasteiger partial charge in [0.25, 0.3) is 0 Å². The van der Waals surface area contributed by atoms with E-state index in [0.29, 0.717) is 11.3 Å². The molecule has 0 aromatic heterocycles. The van der Waals surface area contributed by atoms with Crippen LogP contribution in [0.4, 0.5) is 0 Å². The smallest absolute Gasteiger partial charge is 0.0756 e. The summed E-state index contributed by atoms with van der Waals surface area (Å²) in [5.41, 5.74) is 1.17. The van der Waals surface area contributed by atoms with Crippen molar-refractivity contribution in [1.29, 1.82) is 0 Å². The SMILES string of the molecule is C[Si](C)(C)[C@@H]1C[C@@H]([Si](C)(C)C)N=N1. The molecule has 0 radical (unpaired) electrons. The third-order valence-electron chi connectivity index (χ3n) is 2.79. The summed E-state index contributed by atoms with van der Waals surface area (Å²) in [5.74, 6) is 0. The summed E-state index contributed by atoms with van der Waals surface area (Å²) in [6.07, 6.45) is 1.24. The fourth-order valence-electron chi connectivity index (χ4n) is 1.52. The summed E-state index contributed by atoms with van der Waals surface area (Å²) in [4.78, 5) is 0. The number of hydrogen-bond acceptors (Lipinski definition) is 2. The quantitative estimate of drug-likeness (QED) is 0.630. The van der Waals surface area contributed by atoms with Crippen molar-refractivity contribution in [3.05, 3.63) is 0 Å². The summed E-state index contributed by atoms with van der Waals surface area (Å²) in [6, 6.07) is 0. The van der Waals surface area contributed by atoms with E-state index < -0.39 is 16.1 Å². The molecule has 2 atom stereocenters. The number of azo groups is 1. The molecule has 4 heteroatoms. The minimum atomic E-state index is -1.08. The van der Waals surface area contributed by atoms with E-state index in [0.717, 1.165) is 0 Å². The van der Waals surface area contributed by atoms with E-state index in [1.54, 1.807) is 0 Å². The Morgan fingerprint density at radius 1 is 0.769 bits per heavy atom. The van der Waals surface area contributed by atoms with Gasteiger partial charge in [-0.15, -0.1) is 0 Å². The molecule has 76 valence electrons. The maximum atomic E-state index is 4.48.